The van der Waals surface area contributed by atoms with Crippen LogP contribution in [0.1, 0.15) is 25.5 Å². The van der Waals surface area contributed by atoms with E-state index in [0.29, 0.717) is 29.2 Å². The lowest BCUT2D eigenvalue weighted by Crippen LogP contribution is -2.38. The summed E-state index contributed by atoms with van der Waals surface area (Å²) in [5, 5.41) is 3.85. The third-order valence-electron chi connectivity index (χ3n) is 5.72. The highest BCUT2D eigenvalue weighted by Crippen LogP contribution is 2.35. The first-order chi connectivity index (χ1) is 14.8. The van der Waals surface area contributed by atoms with Gasteiger partial charge in [-0.3, -0.25) is 4.79 Å². The molecule has 3 heterocycles. The first kappa shape index (κ1) is 21.1. The molecule has 2 aromatic heterocycles. The van der Waals surface area contributed by atoms with Crippen molar-refractivity contribution < 1.29 is 18.0 Å². The number of amides is 1. The van der Waals surface area contributed by atoms with Gasteiger partial charge in [0.25, 0.3) is 0 Å². The Bertz CT molecular complexity index is 1080. The van der Waals surface area contributed by atoms with E-state index in [9.17, 15) is 18.0 Å². The molecule has 4 rings (SSSR count). The Morgan fingerprint density at radius 1 is 1.13 bits per heavy atom. The number of nitrogens with one attached hydrogen (secondary N) is 1. The highest BCUT2D eigenvalue weighted by molar-refractivity contribution is 5.99. The van der Waals surface area contributed by atoms with Gasteiger partial charge >= 0.3 is 6.18 Å². The summed E-state index contributed by atoms with van der Waals surface area (Å²) in [5.41, 5.74) is 0.660. The third-order valence-corrected chi connectivity index (χ3v) is 5.72. The van der Waals surface area contributed by atoms with Crippen LogP contribution >= 0.6 is 0 Å². The number of carbonyl (C=O) groups is 1. The van der Waals surface area contributed by atoms with Crippen molar-refractivity contribution in [3.8, 4) is 11.1 Å². The molecule has 0 radical (unpaired) electrons. The number of anilines is 1. The molecule has 3 aromatic rings. The van der Waals surface area contributed by atoms with Gasteiger partial charge in [0, 0.05) is 43.7 Å². The minimum absolute atomic E-state index is 0.0853. The average molecular weight is 428 g/mol. The molecule has 0 atom stereocenters. The van der Waals surface area contributed by atoms with E-state index < -0.39 is 11.9 Å². The van der Waals surface area contributed by atoms with Crippen LogP contribution < -0.4 is 5.32 Å². The highest BCUT2D eigenvalue weighted by Gasteiger charge is 2.33. The molecule has 31 heavy (non-hydrogen) atoms. The maximum Gasteiger partial charge on any atom is 0.433 e. The predicted octanol–water partition coefficient (Wildman–Crippen LogP) is 4.99. The lowest BCUT2D eigenvalue weighted by molar-refractivity contribution is -0.141. The van der Waals surface area contributed by atoms with Gasteiger partial charge in [0.05, 0.1) is 5.52 Å². The Balaban J connectivity index is 1.63. The van der Waals surface area contributed by atoms with Gasteiger partial charge in [-0.05, 0) is 36.5 Å². The summed E-state index contributed by atoms with van der Waals surface area (Å²) >= 11 is 0. The number of fused-ring (bicyclic) bond motifs is 1. The van der Waals surface area contributed by atoms with Crippen LogP contribution in [0.2, 0.25) is 0 Å². The van der Waals surface area contributed by atoms with Crippen LogP contribution in [0.25, 0.3) is 22.0 Å². The minimum atomic E-state index is -4.52. The maximum atomic E-state index is 13.3. The molecule has 162 valence electrons. The summed E-state index contributed by atoms with van der Waals surface area (Å²) in [5.74, 6) is 0.968. The number of halogens is 3. The van der Waals surface area contributed by atoms with Crippen LogP contribution in [0.3, 0.4) is 0 Å². The predicted molar refractivity (Wildman–Crippen MR) is 113 cm³/mol. The molecule has 1 N–H and O–H groups in total. The highest BCUT2D eigenvalue weighted by atomic mass is 19.4. The van der Waals surface area contributed by atoms with E-state index in [1.165, 1.54) is 6.07 Å². The lowest BCUT2D eigenvalue weighted by atomic mass is 9.96. The van der Waals surface area contributed by atoms with Crippen molar-refractivity contribution in [1.29, 1.82) is 0 Å². The van der Waals surface area contributed by atoms with Gasteiger partial charge in [0.15, 0.2) is 0 Å². The van der Waals surface area contributed by atoms with E-state index in [0.717, 1.165) is 37.6 Å². The molecule has 5 nitrogen and oxygen atoms in total. The molecule has 1 aromatic carbocycles. The second kappa shape index (κ2) is 8.53. The molecule has 0 spiro atoms. The van der Waals surface area contributed by atoms with E-state index >= 15 is 0 Å². The van der Waals surface area contributed by atoms with Crippen molar-refractivity contribution >= 4 is 22.6 Å². The van der Waals surface area contributed by atoms with Crippen LogP contribution in [0.15, 0.2) is 48.7 Å². The molecule has 0 unspecified atom stereocenters. The fourth-order valence-corrected chi connectivity index (χ4v) is 3.94. The molecular formula is C23H23F3N4O. The second-order valence-corrected chi connectivity index (χ2v) is 7.81. The van der Waals surface area contributed by atoms with E-state index in [-0.39, 0.29) is 11.4 Å². The second-order valence-electron chi connectivity index (χ2n) is 7.81. The Morgan fingerprint density at radius 3 is 2.48 bits per heavy atom. The Morgan fingerprint density at radius 2 is 1.84 bits per heavy atom. The smallest absolute Gasteiger partial charge is 0.369 e. The number of hydrogen-bond acceptors (Lipinski definition) is 4. The molecule has 0 aliphatic carbocycles. The van der Waals surface area contributed by atoms with Gasteiger partial charge in [0.2, 0.25) is 5.91 Å². The summed E-state index contributed by atoms with van der Waals surface area (Å²) in [4.78, 5) is 21.8. The van der Waals surface area contributed by atoms with Gasteiger partial charge in [0.1, 0.15) is 11.5 Å². The van der Waals surface area contributed by atoms with Gasteiger partial charge < -0.3 is 10.2 Å². The van der Waals surface area contributed by atoms with Crippen LogP contribution in [0.4, 0.5) is 19.0 Å². The summed E-state index contributed by atoms with van der Waals surface area (Å²) < 4.78 is 39.9. The van der Waals surface area contributed by atoms with Crippen LogP contribution in [-0.4, -0.2) is 40.4 Å². The molecule has 1 aliphatic rings. The van der Waals surface area contributed by atoms with Crippen LogP contribution in [0, 0.1) is 5.92 Å². The minimum Gasteiger partial charge on any atom is -0.369 e. The zero-order valence-electron chi connectivity index (χ0n) is 17.1. The SMILES string of the molecule is CC(=O)N1CCC(CNc2ncc(-c3ccccc3)c3nc(C(F)(F)F)ccc23)CC1. The van der Waals surface area contributed by atoms with Gasteiger partial charge in [-0.25, -0.2) is 9.97 Å². The standard InChI is InChI=1S/C23H23F3N4O/c1-15(31)30-11-9-16(10-12-30)13-27-22-18-7-8-20(23(24,25)26)29-21(18)19(14-28-22)17-5-3-2-4-6-17/h2-8,14,16H,9-13H2,1H3,(H,27,28). The number of piperidine rings is 1. The number of aromatic nitrogens is 2. The molecular weight excluding hydrogens is 405 g/mol. The fourth-order valence-electron chi connectivity index (χ4n) is 3.94. The van der Waals surface area contributed by atoms with Crippen molar-refractivity contribution in [1.82, 2.24) is 14.9 Å². The van der Waals surface area contributed by atoms with Crippen LogP contribution in [-0.2, 0) is 11.0 Å². The normalized spacial score (nSPS) is 15.3. The van der Waals surface area contributed by atoms with Crippen molar-refractivity contribution in [2.45, 2.75) is 25.9 Å². The zero-order chi connectivity index (χ0) is 22.0. The Labute approximate surface area is 178 Å². The van der Waals surface area contributed by atoms with Gasteiger partial charge in [-0.15, -0.1) is 0 Å². The number of rotatable bonds is 4. The average Bonchev–Trinajstić information content (AvgIpc) is 2.77. The van der Waals surface area contributed by atoms with E-state index in [1.807, 2.05) is 35.2 Å². The van der Waals surface area contributed by atoms with Crippen molar-refractivity contribution in [2.24, 2.45) is 5.92 Å². The maximum absolute atomic E-state index is 13.3. The molecule has 1 amide bonds. The molecule has 1 saturated heterocycles. The topological polar surface area (TPSA) is 58.1 Å². The van der Waals surface area contributed by atoms with E-state index in [1.54, 1.807) is 13.1 Å². The third kappa shape index (κ3) is 4.62. The lowest BCUT2D eigenvalue weighted by Gasteiger charge is -2.31. The van der Waals surface area contributed by atoms with Crippen molar-refractivity contribution in [2.75, 3.05) is 25.0 Å². The van der Waals surface area contributed by atoms with Crippen molar-refractivity contribution in [3.05, 3.63) is 54.4 Å². The Kier molecular flexibility index (Phi) is 5.80. The number of hydrogen-bond donors (Lipinski definition) is 1. The molecule has 0 bridgehead atoms. The summed E-state index contributed by atoms with van der Waals surface area (Å²) in [7, 11) is 0. The number of pyridine rings is 2. The molecule has 0 saturated carbocycles. The number of likely N-dealkylation sites (tertiary alicyclic amines) is 1. The van der Waals surface area contributed by atoms with Crippen LogP contribution in [0.5, 0.6) is 0 Å². The Hall–Kier alpha value is -3.16. The van der Waals surface area contributed by atoms with Gasteiger partial charge in [-0.1, -0.05) is 30.3 Å². The summed E-state index contributed by atoms with van der Waals surface area (Å²) in [6.07, 6.45) is -1.19. The number of nitrogens with zero attached hydrogens (tertiary/aromatic N) is 3. The van der Waals surface area contributed by atoms with Crippen molar-refractivity contribution in [3.63, 3.8) is 0 Å². The molecule has 1 aliphatic heterocycles. The summed E-state index contributed by atoms with van der Waals surface area (Å²) in [6, 6.07) is 11.6. The number of alkyl halides is 3. The summed E-state index contributed by atoms with van der Waals surface area (Å²) in [6.45, 7) is 3.66. The zero-order valence-corrected chi connectivity index (χ0v) is 17.1. The fraction of sp³-hybridized carbons (Fsp3) is 0.348. The quantitative estimate of drug-likeness (QED) is 0.636. The molecule has 8 heteroatoms. The first-order valence-electron chi connectivity index (χ1n) is 10.2. The largest absolute Gasteiger partial charge is 0.433 e. The number of benzene rings is 1. The van der Waals surface area contributed by atoms with E-state index in [4.69, 9.17) is 0 Å². The first-order valence-corrected chi connectivity index (χ1v) is 10.2. The van der Waals surface area contributed by atoms with E-state index in [2.05, 4.69) is 15.3 Å². The molecule has 1 fully saturated rings. The van der Waals surface area contributed by atoms with Gasteiger partial charge in [-0.2, -0.15) is 13.2 Å². The number of carbonyl (C=O) groups excluding carboxylic acids is 1. The monoisotopic (exact) mass is 428 g/mol.